The molecule has 1 aliphatic heterocycles. The molecule has 1 fully saturated rings. The largest absolute Gasteiger partial charge is 0.337 e. The summed E-state index contributed by atoms with van der Waals surface area (Å²) in [5.74, 6) is 0.00870. The van der Waals surface area contributed by atoms with Crippen LogP contribution in [0.4, 0.5) is 0 Å². The third-order valence-corrected chi connectivity index (χ3v) is 3.83. The van der Waals surface area contributed by atoms with Crippen LogP contribution in [0.1, 0.15) is 29.8 Å². The van der Waals surface area contributed by atoms with E-state index in [1.54, 1.807) is 12.3 Å². The summed E-state index contributed by atoms with van der Waals surface area (Å²) in [5.41, 5.74) is 0.512. The van der Waals surface area contributed by atoms with Crippen LogP contribution in [0.15, 0.2) is 22.8 Å². The minimum absolute atomic E-state index is 0.00870. The lowest BCUT2D eigenvalue weighted by Gasteiger charge is -2.26. The normalized spacial score (nSPS) is 20.2. The molecular weight excluding hydrogens is 294 g/mol. The quantitative estimate of drug-likeness (QED) is 0.909. The molecule has 2 heterocycles. The topological polar surface area (TPSA) is 45.2 Å². The van der Waals surface area contributed by atoms with E-state index in [0.717, 1.165) is 36.8 Å². The minimum Gasteiger partial charge on any atom is -0.337 e. The summed E-state index contributed by atoms with van der Waals surface area (Å²) in [6.45, 7) is 2.03. The second-order valence-corrected chi connectivity index (χ2v) is 5.53. The van der Waals surface area contributed by atoms with Gasteiger partial charge in [-0.1, -0.05) is 0 Å². The molecule has 1 aromatic rings. The number of aromatic nitrogens is 1. The van der Waals surface area contributed by atoms with Gasteiger partial charge in [-0.05, 0) is 60.4 Å². The molecule has 18 heavy (non-hydrogen) atoms. The van der Waals surface area contributed by atoms with Crippen LogP contribution in [-0.4, -0.2) is 42.0 Å². The van der Waals surface area contributed by atoms with E-state index in [9.17, 15) is 4.79 Å². The van der Waals surface area contributed by atoms with Gasteiger partial charge < -0.3 is 10.2 Å². The van der Waals surface area contributed by atoms with Crippen LogP contribution in [0, 0.1) is 0 Å². The SMILES string of the molecule is CN(C(=O)c1ccc(Br)cn1)C1CCCNCC1. The van der Waals surface area contributed by atoms with Crippen LogP contribution in [0.3, 0.4) is 0 Å². The van der Waals surface area contributed by atoms with Crippen molar-refractivity contribution in [2.75, 3.05) is 20.1 Å². The molecule has 1 amide bonds. The van der Waals surface area contributed by atoms with E-state index in [1.165, 1.54) is 0 Å². The monoisotopic (exact) mass is 311 g/mol. The average molecular weight is 312 g/mol. The van der Waals surface area contributed by atoms with E-state index in [-0.39, 0.29) is 5.91 Å². The van der Waals surface area contributed by atoms with Crippen LogP contribution in [0.2, 0.25) is 0 Å². The van der Waals surface area contributed by atoms with Crippen molar-refractivity contribution >= 4 is 21.8 Å². The molecule has 98 valence electrons. The fourth-order valence-electron chi connectivity index (χ4n) is 2.24. The van der Waals surface area contributed by atoms with Gasteiger partial charge in [-0.2, -0.15) is 0 Å². The van der Waals surface area contributed by atoms with Crippen LogP contribution < -0.4 is 5.32 Å². The summed E-state index contributed by atoms with van der Waals surface area (Å²) >= 11 is 3.32. The summed E-state index contributed by atoms with van der Waals surface area (Å²) in [6, 6.07) is 3.93. The Morgan fingerprint density at radius 2 is 2.28 bits per heavy atom. The van der Waals surface area contributed by atoms with Crippen LogP contribution in [0.25, 0.3) is 0 Å². The van der Waals surface area contributed by atoms with Gasteiger partial charge in [0.15, 0.2) is 0 Å². The van der Waals surface area contributed by atoms with Gasteiger partial charge in [0.25, 0.3) is 5.91 Å². The number of carbonyl (C=O) groups is 1. The van der Waals surface area contributed by atoms with Crippen molar-refractivity contribution < 1.29 is 4.79 Å². The molecule has 1 aromatic heterocycles. The molecule has 0 aliphatic carbocycles. The Bertz CT molecular complexity index is 399. The molecule has 2 rings (SSSR count). The highest BCUT2D eigenvalue weighted by Gasteiger charge is 2.22. The molecule has 5 heteroatoms. The highest BCUT2D eigenvalue weighted by Crippen LogP contribution is 2.15. The number of rotatable bonds is 2. The number of nitrogens with zero attached hydrogens (tertiary/aromatic N) is 2. The maximum Gasteiger partial charge on any atom is 0.272 e. The Kier molecular flexibility index (Phi) is 4.72. The molecule has 0 saturated carbocycles. The van der Waals surface area contributed by atoms with E-state index in [2.05, 4.69) is 26.2 Å². The van der Waals surface area contributed by atoms with Crippen molar-refractivity contribution in [2.24, 2.45) is 0 Å². The van der Waals surface area contributed by atoms with Gasteiger partial charge in [0.1, 0.15) is 5.69 Å². The number of amides is 1. The van der Waals surface area contributed by atoms with E-state index < -0.39 is 0 Å². The summed E-state index contributed by atoms with van der Waals surface area (Å²) in [6.07, 6.45) is 4.86. The summed E-state index contributed by atoms with van der Waals surface area (Å²) in [5, 5.41) is 3.36. The van der Waals surface area contributed by atoms with Gasteiger partial charge >= 0.3 is 0 Å². The molecule has 0 aromatic carbocycles. The average Bonchev–Trinajstić information content (AvgIpc) is 2.67. The van der Waals surface area contributed by atoms with Crippen molar-refractivity contribution in [2.45, 2.75) is 25.3 Å². The highest BCUT2D eigenvalue weighted by molar-refractivity contribution is 9.10. The molecule has 1 aliphatic rings. The summed E-state index contributed by atoms with van der Waals surface area (Å²) < 4.78 is 0.889. The summed E-state index contributed by atoms with van der Waals surface area (Å²) in [7, 11) is 1.88. The Balaban J connectivity index is 2.05. The molecule has 0 bridgehead atoms. The lowest BCUT2D eigenvalue weighted by molar-refractivity contribution is 0.0714. The van der Waals surface area contributed by atoms with Gasteiger partial charge in [0.2, 0.25) is 0 Å². The number of hydrogen-bond donors (Lipinski definition) is 1. The van der Waals surface area contributed by atoms with Crippen LogP contribution in [-0.2, 0) is 0 Å². The predicted molar refractivity (Wildman–Crippen MR) is 74.5 cm³/mol. The molecule has 1 N–H and O–H groups in total. The van der Waals surface area contributed by atoms with Gasteiger partial charge in [0, 0.05) is 23.8 Å². The van der Waals surface area contributed by atoms with Crippen LogP contribution >= 0.6 is 15.9 Å². The van der Waals surface area contributed by atoms with E-state index in [0.29, 0.717) is 11.7 Å². The van der Waals surface area contributed by atoms with Gasteiger partial charge in [-0.15, -0.1) is 0 Å². The van der Waals surface area contributed by atoms with Gasteiger partial charge in [-0.25, -0.2) is 4.98 Å². The zero-order chi connectivity index (χ0) is 13.0. The van der Waals surface area contributed by atoms with E-state index in [4.69, 9.17) is 0 Å². The minimum atomic E-state index is 0.00870. The fourth-order valence-corrected chi connectivity index (χ4v) is 2.47. The summed E-state index contributed by atoms with van der Waals surface area (Å²) in [4.78, 5) is 18.3. The zero-order valence-electron chi connectivity index (χ0n) is 10.5. The van der Waals surface area contributed by atoms with Gasteiger partial charge in [-0.3, -0.25) is 4.79 Å². The highest BCUT2D eigenvalue weighted by atomic mass is 79.9. The first-order chi connectivity index (χ1) is 8.68. The molecule has 1 atom stereocenters. The van der Waals surface area contributed by atoms with Crippen LogP contribution in [0.5, 0.6) is 0 Å². The third-order valence-electron chi connectivity index (χ3n) is 3.36. The standard InChI is InChI=1S/C13H18BrN3O/c1-17(11-3-2-7-15-8-6-11)13(18)12-5-4-10(14)9-16-12/h4-5,9,11,15H,2-3,6-8H2,1H3. The van der Waals surface area contributed by atoms with Crippen molar-refractivity contribution in [3.63, 3.8) is 0 Å². The van der Waals surface area contributed by atoms with Crippen molar-refractivity contribution in [1.29, 1.82) is 0 Å². The van der Waals surface area contributed by atoms with Crippen molar-refractivity contribution in [1.82, 2.24) is 15.2 Å². The van der Waals surface area contributed by atoms with Crippen molar-refractivity contribution in [3.8, 4) is 0 Å². The number of carbonyl (C=O) groups excluding carboxylic acids is 1. The van der Waals surface area contributed by atoms with E-state index >= 15 is 0 Å². The molecule has 4 nitrogen and oxygen atoms in total. The number of halogens is 1. The third kappa shape index (κ3) is 3.29. The Morgan fingerprint density at radius 3 is 3.00 bits per heavy atom. The fraction of sp³-hybridized carbons (Fsp3) is 0.538. The second kappa shape index (κ2) is 6.29. The molecule has 1 saturated heterocycles. The Labute approximate surface area is 116 Å². The molecule has 1 unspecified atom stereocenters. The zero-order valence-corrected chi connectivity index (χ0v) is 12.1. The number of nitrogens with one attached hydrogen (secondary N) is 1. The molecule has 0 radical (unpaired) electrons. The first-order valence-electron chi connectivity index (χ1n) is 6.28. The smallest absolute Gasteiger partial charge is 0.272 e. The lowest BCUT2D eigenvalue weighted by Crippen LogP contribution is -2.38. The van der Waals surface area contributed by atoms with E-state index in [1.807, 2.05) is 18.0 Å². The van der Waals surface area contributed by atoms with Crippen molar-refractivity contribution in [3.05, 3.63) is 28.5 Å². The lowest BCUT2D eigenvalue weighted by atomic mass is 10.1. The number of hydrogen-bond acceptors (Lipinski definition) is 3. The molecular formula is C13H18BrN3O. The van der Waals surface area contributed by atoms with Gasteiger partial charge in [0.05, 0.1) is 0 Å². The Hall–Kier alpha value is -0.940. The maximum atomic E-state index is 12.3. The first kappa shape index (κ1) is 13.5. The Morgan fingerprint density at radius 1 is 1.44 bits per heavy atom. The number of pyridine rings is 1. The first-order valence-corrected chi connectivity index (χ1v) is 7.07. The predicted octanol–water partition coefficient (Wildman–Crippen LogP) is 2.06. The second-order valence-electron chi connectivity index (χ2n) is 4.61. The molecule has 0 spiro atoms. The maximum absolute atomic E-state index is 12.3.